The van der Waals surface area contributed by atoms with Gasteiger partial charge in [-0.25, -0.2) is 8.78 Å². The largest absolute Gasteiger partial charge is 0.495 e. The van der Waals surface area contributed by atoms with Gasteiger partial charge in [0.25, 0.3) is 6.43 Å². The Labute approximate surface area is 81.7 Å². The number of nitrogens with zero attached hydrogens (tertiary/aromatic N) is 1. The summed E-state index contributed by atoms with van der Waals surface area (Å²) < 4.78 is 66.1. The number of alkyl halides is 5. The van der Waals surface area contributed by atoms with Gasteiger partial charge in [-0.05, 0) is 0 Å². The van der Waals surface area contributed by atoms with Gasteiger partial charge in [-0.3, -0.25) is 4.98 Å². The van der Waals surface area contributed by atoms with Crippen LogP contribution in [0.25, 0.3) is 0 Å². The molecule has 0 amide bonds. The molecule has 0 spiro atoms. The van der Waals surface area contributed by atoms with Crippen molar-refractivity contribution in [3.05, 3.63) is 23.5 Å². The Hall–Kier alpha value is -1.40. The normalized spacial score (nSPS) is 11.9. The van der Waals surface area contributed by atoms with E-state index in [0.29, 0.717) is 6.20 Å². The van der Waals surface area contributed by atoms with Crippen LogP contribution in [-0.2, 0) is 6.18 Å². The van der Waals surface area contributed by atoms with Crippen molar-refractivity contribution in [3.8, 4) is 5.75 Å². The molecule has 0 saturated heterocycles. The summed E-state index contributed by atoms with van der Waals surface area (Å²) >= 11 is 0. The maximum atomic E-state index is 12.4. The third kappa shape index (κ3) is 2.34. The quantitative estimate of drug-likeness (QED) is 0.724. The summed E-state index contributed by atoms with van der Waals surface area (Å²) in [6.07, 6.45) is -6.96. The first-order chi connectivity index (χ1) is 6.88. The lowest BCUT2D eigenvalue weighted by Gasteiger charge is -2.14. The molecule has 0 atom stereocenters. The van der Waals surface area contributed by atoms with Crippen LogP contribution in [0.4, 0.5) is 22.0 Å². The van der Waals surface area contributed by atoms with Crippen LogP contribution >= 0.6 is 0 Å². The van der Waals surface area contributed by atoms with E-state index in [1.165, 1.54) is 0 Å². The minimum Gasteiger partial charge on any atom is -0.495 e. The minimum absolute atomic E-state index is 0.351. The van der Waals surface area contributed by atoms with Gasteiger partial charge in [0.1, 0.15) is 5.75 Å². The maximum absolute atomic E-state index is 12.4. The zero-order chi connectivity index (χ0) is 11.6. The van der Waals surface area contributed by atoms with E-state index in [4.69, 9.17) is 0 Å². The number of halogens is 5. The molecular formula is C8H6F5NO. The molecule has 0 saturated carbocycles. The van der Waals surface area contributed by atoms with E-state index in [2.05, 4.69) is 9.72 Å². The van der Waals surface area contributed by atoms with Crippen LogP contribution < -0.4 is 4.74 Å². The first-order valence-corrected chi connectivity index (χ1v) is 3.75. The number of hydrogen-bond acceptors (Lipinski definition) is 2. The monoisotopic (exact) mass is 227 g/mol. The smallest absolute Gasteiger partial charge is 0.418 e. The lowest BCUT2D eigenvalue weighted by atomic mass is 10.1. The molecule has 84 valence electrons. The first kappa shape index (κ1) is 11.7. The maximum Gasteiger partial charge on any atom is 0.418 e. The molecule has 1 aromatic rings. The van der Waals surface area contributed by atoms with Gasteiger partial charge in [-0.1, -0.05) is 0 Å². The van der Waals surface area contributed by atoms with E-state index in [1.54, 1.807) is 0 Å². The lowest BCUT2D eigenvalue weighted by Crippen LogP contribution is -2.11. The van der Waals surface area contributed by atoms with Gasteiger partial charge in [0.05, 0.1) is 24.4 Å². The van der Waals surface area contributed by atoms with E-state index < -0.39 is 29.5 Å². The van der Waals surface area contributed by atoms with Crippen LogP contribution in [0.2, 0.25) is 0 Å². The molecule has 0 radical (unpaired) electrons. The Bertz CT molecular complexity index is 349. The molecule has 0 unspecified atom stereocenters. The van der Waals surface area contributed by atoms with Crippen molar-refractivity contribution in [1.82, 2.24) is 4.98 Å². The van der Waals surface area contributed by atoms with E-state index in [1.807, 2.05) is 0 Å². The third-order valence-corrected chi connectivity index (χ3v) is 1.69. The third-order valence-electron chi connectivity index (χ3n) is 1.69. The van der Waals surface area contributed by atoms with E-state index in [9.17, 15) is 22.0 Å². The summed E-state index contributed by atoms with van der Waals surface area (Å²) in [5, 5.41) is 0. The molecule has 0 aliphatic carbocycles. The van der Waals surface area contributed by atoms with Gasteiger partial charge in [0, 0.05) is 6.20 Å². The summed E-state index contributed by atoms with van der Waals surface area (Å²) in [5.74, 6) is -0.570. The lowest BCUT2D eigenvalue weighted by molar-refractivity contribution is -0.139. The van der Waals surface area contributed by atoms with Crippen molar-refractivity contribution in [2.24, 2.45) is 0 Å². The fourth-order valence-corrected chi connectivity index (χ4v) is 1.06. The Balaban J connectivity index is 3.39. The summed E-state index contributed by atoms with van der Waals surface area (Å²) in [6, 6.07) is 0. The SMILES string of the molecule is COc1cncc(C(F)(F)F)c1C(F)F. The molecule has 0 aliphatic heterocycles. The Morgan fingerprint density at radius 2 is 1.87 bits per heavy atom. The molecule has 0 aliphatic rings. The average molecular weight is 227 g/mol. The predicted octanol–water partition coefficient (Wildman–Crippen LogP) is 3.05. The van der Waals surface area contributed by atoms with Gasteiger partial charge < -0.3 is 4.74 Å². The van der Waals surface area contributed by atoms with Crippen molar-refractivity contribution in [2.45, 2.75) is 12.6 Å². The van der Waals surface area contributed by atoms with Crippen LogP contribution in [0.3, 0.4) is 0 Å². The molecular weight excluding hydrogens is 221 g/mol. The second-order valence-electron chi connectivity index (χ2n) is 2.60. The molecule has 0 aromatic carbocycles. The van der Waals surface area contributed by atoms with Gasteiger partial charge in [-0.2, -0.15) is 13.2 Å². The fourth-order valence-electron chi connectivity index (χ4n) is 1.06. The Morgan fingerprint density at radius 3 is 2.27 bits per heavy atom. The average Bonchev–Trinajstić information content (AvgIpc) is 2.15. The number of hydrogen-bond donors (Lipinski definition) is 0. The molecule has 2 nitrogen and oxygen atoms in total. The molecule has 1 aromatic heterocycles. The number of methoxy groups -OCH3 is 1. The van der Waals surface area contributed by atoms with Crippen molar-refractivity contribution < 1.29 is 26.7 Å². The second kappa shape index (κ2) is 4.00. The van der Waals surface area contributed by atoms with Crippen molar-refractivity contribution in [1.29, 1.82) is 0 Å². The molecule has 1 heterocycles. The highest BCUT2D eigenvalue weighted by molar-refractivity contribution is 5.39. The van der Waals surface area contributed by atoms with E-state index in [0.717, 1.165) is 13.3 Å². The second-order valence-corrected chi connectivity index (χ2v) is 2.60. The van der Waals surface area contributed by atoms with Gasteiger partial charge in [0.2, 0.25) is 0 Å². The van der Waals surface area contributed by atoms with Crippen LogP contribution in [-0.4, -0.2) is 12.1 Å². The summed E-state index contributed by atoms with van der Waals surface area (Å²) in [5.41, 5.74) is -2.66. The molecule has 15 heavy (non-hydrogen) atoms. The van der Waals surface area contributed by atoms with Gasteiger partial charge in [-0.15, -0.1) is 0 Å². The molecule has 1 rings (SSSR count). The number of aromatic nitrogens is 1. The van der Waals surface area contributed by atoms with Gasteiger partial charge >= 0.3 is 6.18 Å². The minimum atomic E-state index is -4.87. The zero-order valence-electron chi connectivity index (χ0n) is 7.48. The molecule has 0 N–H and O–H groups in total. The zero-order valence-corrected chi connectivity index (χ0v) is 7.48. The highest BCUT2D eigenvalue weighted by atomic mass is 19.4. The molecule has 0 fully saturated rings. The highest BCUT2D eigenvalue weighted by Gasteiger charge is 2.37. The van der Waals surface area contributed by atoms with Crippen molar-refractivity contribution >= 4 is 0 Å². The number of pyridine rings is 1. The van der Waals surface area contributed by atoms with Gasteiger partial charge in [0.15, 0.2) is 0 Å². The summed E-state index contributed by atoms with van der Waals surface area (Å²) in [6.45, 7) is 0. The topological polar surface area (TPSA) is 22.1 Å². The first-order valence-electron chi connectivity index (χ1n) is 3.75. The standard InChI is InChI=1S/C8H6F5NO/c1-15-5-3-14-2-4(8(11,12)13)6(5)7(9)10/h2-3,7H,1H3. The van der Waals surface area contributed by atoms with Crippen molar-refractivity contribution in [2.75, 3.05) is 7.11 Å². The highest BCUT2D eigenvalue weighted by Crippen LogP contribution is 2.39. The Kier molecular flexibility index (Phi) is 3.11. The van der Waals surface area contributed by atoms with E-state index in [-0.39, 0.29) is 0 Å². The number of ether oxygens (including phenoxy) is 1. The van der Waals surface area contributed by atoms with Crippen LogP contribution in [0, 0.1) is 0 Å². The van der Waals surface area contributed by atoms with Crippen LogP contribution in [0.1, 0.15) is 17.6 Å². The molecule has 0 bridgehead atoms. The summed E-state index contributed by atoms with van der Waals surface area (Å²) in [7, 11) is 1.00. The predicted molar refractivity (Wildman–Crippen MR) is 40.7 cm³/mol. The van der Waals surface area contributed by atoms with E-state index >= 15 is 0 Å². The molecule has 7 heteroatoms. The van der Waals surface area contributed by atoms with Crippen LogP contribution in [0.15, 0.2) is 12.4 Å². The summed E-state index contributed by atoms with van der Waals surface area (Å²) in [4.78, 5) is 3.19. The fraction of sp³-hybridized carbons (Fsp3) is 0.375. The van der Waals surface area contributed by atoms with Crippen molar-refractivity contribution in [3.63, 3.8) is 0 Å². The Morgan fingerprint density at radius 1 is 1.27 bits per heavy atom. The number of rotatable bonds is 2. The van der Waals surface area contributed by atoms with Crippen LogP contribution in [0.5, 0.6) is 5.75 Å².